The number of benzene rings is 2. The molecule has 32 heavy (non-hydrogen) atoms. The standard InChI is InChI=1S/C24H20ClF3N4/c1-31-20(15-5-9-17(25)10-6-15)14-19-22(31)30-21-4-2-3-13-32(21)23(19)29-18-11-7-16(8-12-18)24(26,27)28/h5-12,14H,2-4,13H2,1H3/b29-23+. The van der Waals surface area contributed by atoms with E-state index in [1.807, 2.05) is 41.9 Å². The number of nitrogens with zero attached hydrogens (tertiary/aromatic N) is 4. The summed E-state index contributed by atoms with van der Waals surface area (Å²) in [7, 11) is 1.96. The molecule has 0 spiro atoms. The van der Waals surface area contributed by atoms with E-state index in [-0.39, 0.29) is 0 Å². The number of halogens is 4. The summed E-state index contributed by atoms with van der Waals surface area (Å²) in [5, 5.41) is 1.53. The van der Waals surface area contributed by atoms with Gasteiger partial charge in [0.2, 0.25) is 0 Å². The van der Waals surface area contributed by atoms with Gasteiger partial charge in [-0.05, 0) is 60.9 Å². The lowest BCUT2D eigenvalue weighted by atomic mass is 10.1. The molecule has 0 amide bonds. The van der Waals surface area contributed by atoms with Crippen LogP contribution in [0, 0.1) is 0 Å². The third-order valence-corrected chi connectivity index (χ3v) is 6.10. The van der Waals surface area contributed by atoms with Crippen molar-refractivity contribution in [1.82, 2.24) is 14.1 Å². The predicted octanol–water partition coefficient (Wildman–Crippen LogP) is 6.28. The maximum absolute atomic E-state index is 13.0. The Labute approximate surface area is 187 Å². The Morgan fingerprint density at radius 1 is 1.00 bits per heavy atom. The van der Waals surface area contributed by atoms with Crippen molar-refractivity contribution < 1.29 is 13.2 Å². The van der Waals surface area contributed by atoms with E-state index in [0.29, 0.717) is 10.7 Å². The minimum atomic E-state index is -4.37. The largest absolute Gasteiger partial charge is 0.416 e. The van der Waals surface area contributed by atoms with Crippen LogP contribution in [0.1, 0.15) is 24.2 Å². The molecule has 0 atom stereocenters. The first-order valence-electron chi connectivity index (χ1n) is 10.4. The molecular weight excluding hydrogens is 437 g/mol. The average Bonchev–Trinajstić information content (AvgIpc) is 3.10. The summed E-state index contributed by atoms with van der Waals surface area (Å²) in [6.45, 7) is 0.781. The maximum Gasteiger partial charge on any atom is 0.416 e. The van der Waals surface area contributed by atoms with Crippen molar-refractivity contribution in [1.29, 1.82) is 0 Å². The normalized spacial score (nSPS) is 14.7. The summed E-state index contributed by atoms with van der Waals surface area (Å²) in [5.74, 6) is 0.943. The Morgan fingerprint density at radius 3 is 2.41 bits per heavy atom. The van der Waals surface area contributed by atoms with E-state index in [4.69, 9.17) is 21.6 Å². The summed E-state index contributed by atoms with van der Waals surface area (Å²) in [6, 6.07) is 14.6. The second-order valence-corrected chi connectivity index (χ2v) is 8.39. The van der Waals surface area contributed by atoms with Crippen LogP contribution < -0.4 is 5.49 Å². The zero-order valence-electron chi connectivity index (χ0n) is 17.3. The van der Waals surface area contributed by atoms with E-state index in [1.165, 1.54) is 12.1 Å². The zero-order chi connectivity index (χ0) is 22.5. The van der Waals surface area contributed by atoms with Gasteiger partial charge < -0.3 is 9.13 Å². The van der Waals surface area contributed by atoms with Crippen molar-refractivity contribution in [3.63, 3.8) is 0 Å². The van der Waals surface area contributed by atoms with Gasteiger partial charge in [-0.15, -0.1) is 0 Å². The van der Waals surface area contributed by atoms with Crippen LogP contribution in [0.25, 0.3) is 22.3 Å². The van der Waals surface area contributed by atoms with Gasteiger partial charge in [0.1, 0.15) is 17.0 Å². The smallest absolute Gasteiger partial charge is 0.328 e. The first-order valence-corrected chi connectivity index (χ1v) is 10.8. The van der Waals surface area contributed by atoms with Crippen molar-refractivity contribution in [2.45, 2.75) is 32.0 Å². The van der Waals surface area contributed by atoms with Crippen molar-refractivity contribution in [2.75, 3.05) is 0 Å². The molecule has 0 fully saturated rings. The summed E-state index contributed by atoms with van der Waals surface area (Å²) in [4.78, 5) is 9.71. The molecule has 0 bridgehead atoms. The molecule has 0 saturated heterocycles. The zero-order valence-corrected chi connectivity index (χ0v) is 18.1. The number of hydrogen-bond acceptors (Lipinski definition) is 2. The second kappa shape index (κ2) is 7.81. The van der Waals surface area contributed by atoms with E-state index in [9.17, 15) is 13.2 Å². The molecule has 0 unspecified atom stereocenters. The van der Waals surface area contributed by atoms with Gasteiger partial charge in [-0.1, -0.05) is 23.7 Å². The SMILES string of the molecule is Cn1c(-c2ccc(Cl)cc2)cc2/c(=N\c3ccc(C(F)(F)F)cc3)n3c(nc21)CCCC3. The fourth-order valence-electron chi connectivity index (χ4n) is 4.19. The summed E-state index contributed by atoms with van der Waals surface area (Å²) in [6.07, 6.45) is -1.47. The van der Waals surface area contributed by atoms with Crippen LogP contribution >= 0.6 is 11.6 Å². The Hall–Kier alpha value is -3.06. The molecule has 4 nitrogen and oxygen atoms in total. The number of aromatic nitrogens is 3. The molecule has 164 valence electrons. The van der Waals surface area contributed by atoms with E-state index in [2.05, 4.69) is 4.57 Å². The van der Waals surface area contributed by atoms with Crippen molar-refractivity contribution >= 4 is 28.3 Å². The van der Waals surface area contributed by atoms with Gasteiger partial charge in [0.25, 0.3) is 0 Å². The number of alkyl halides is 3. The first kappa shape index (κ1) is 20.8. The highest BCUT2D eigenvalue weighted by atomic mass is 35.5. The Balaban J connectivity index is 1.74. The third kappa shape index (κ3) is 3.71. The molecular formula is C24H20ClF3N4. The van der Waals surface area contributed by atoms with Gasteiger partial charge in [-0.3, -0.25) is 0 Å². The molecule has 5 rings (SSSR count). The van der Waals surface area contributed by atoms with E-state index < -0.39 is 11.7 Å². The van der Waals surface area contributed by atoms with Gasteiger partial charge in [0, 0.05) is 25.0 Å². The molecule has 8 heteroatoms. The molecule has 4 aromatic rings. The number of fused-ring (bicyclic) bond motifs is 2. The van der Waals surface area contributed by atoms with Crippen LogP contribution in [0.2, 0.25) is 5.02 Å². The monoisotopic (exact) mass is 456 g/mol. The number of rotatable bonds is 2. The Bertz CT molecular complexity index is 1360. The van der Waals surface area contributed by atoms with Gasteiger partial charge >= 0.3 is 6.18 Å². The highest BCUT2D eigenvalue weighted by molar-refractivity contribution is 6.30. The predicted molar refractivity (Wildman–Crippen MR) is 119 cm³/mol. The lowest BCUT2D eigenvalue weighted by molar-refractivity contribution is -0.137. The molecule has 2 aromatic heterocycles. The van der Waals surface area contributed by atoms with E-state index in [0.717, 1.165) is 71.5 Å². The lowest BCUT2D eigenvalue weighted by Gasteiger charge is -2.19. The van der Waals surface area contributed by atoms with Gasteiger partial charge in [0.15, 0.2) is 0 Å². The van der Waals surface area contributed by atoms with Crippen LogP contribution in [0.5, 0.6) is 0 Å². The van der Waals surface area contributed by atoms with Gasteiger partial charge in [-0.25, -0.2) is 9.98 Å². The Morgan fingerprint density at radius 2 is 1.72 bits per heavy atom. The maximum atomic E-state index is 13.0. The van der Waals surface area contributed by atoms with E-state index in [1.54, 1.807) is 0 Å². The molecule has 1 aliphatic rings. The van der Waals surface area contributed by atoms with Crippen LogP contribution in [-0.2, 0) is 26.2 Å². The van der Waals surface area contributed by atoms with E-state index >= 15 is 0 Å². The average molecular weight is 457 g/mol. The quantitative estimate of drug-likeness (QED) is 0.349. The number of aryl methyl sites for hydroxylation is 2. The summed E-state index contributed by atoms with van der Waals surface area (Å²) >= 11 is 6.05. The fourth-order valence-corrected chi connectivity index (χ4v) is 4.31. The van der Waals surface area contributed by atoms with Crippen LogP contribution in [0.3, 0.4) is 0 Å². The lowest BCUT2D eigenvalue weighted by Crippen LogP contribution is -2.29. The van der Waals surface area contributed by atoms with Crippen LogP contribution in [0.15, 0.2) is 59.6 Å². The minimum Gasteiger partial charge on any atom is -0.328 e. The molecule has 0 aliphatic carbocycles. The topological polar surface area (TPSA) is 35.1 Å². The summed E-state index contributed by atoms with van der Waals surface area (Å²) in [5.41, 5.74) is 3.28. The number of hydrogen-bond donors (Lipinski definition) is 0. The van der Waals surface area contributed by atoms with Crippen molar-refractivity contribution in [3.05, 3.63) is 76.5 Å². The molecule has 3 heterocycles. The van der Waals surface area contributed by atoms with Crippen LogP contribution in [-0.4, -0.2) is 14.1 Å². The molecule has 1 aliphatic heterocycles. The van der Waals surface area contributed by atoms with Crippen molar-refractivity contribution in [2.24, 2.45) is 12.0 Å². The minimum absolute atomic E-state index is 0.475. The molecule has 2 aromatic carbocycles. The molecule has 0 radical (unpaired) electrons. The fraction of sp³-hybridized carbons (Fsp3) is 0.250. The highest BCUT2D eigenvalue weighted by Gasteiger charge is 2.30. The van der Waals surface area contributed by atoms with Crippen molar-refractivity contribution in [3.8, 4) is 11.3 Å². The van der Waals surface area contributed by atoms with Gasteiger partial charge in [0.05, 0.1) is 22.3 Å². The highest BCUT2D eigenvalue weighted by Crippen LogP contribution is 2.31. The molecule has 0 saturated carbocycles. The third-order valence-electron chi connectivity index (χ3n) is 5.85. The Kier molecular flexibility index (Phi) is 5.08. The first-order chi connectivity index (χ1) is 15.3. The summed E-state index contributed by atoms with van der Waals surface area (Å²) < 4.78 is 43.0. The molecule has 0 N–H and O–H groups in total. The van der Waals surface area contributed by atoms with Gasteiger partial charge in [-0.2, -0.15) is 13.2 Å². The van der Waals surface area contributed by atoms with Crippen LogP contribution in [0.4, 0.5) is 18.9 Å². The second-order valence-electron chi connectivity index (χ2n) is 7.95.